The predicted molar refractivity (Wildman–Crippen MR) is 95.8 cm³/mol. The normalized spacial score (nSPS) is 11.1. The Hall–Kier alpha value is -2.34. The molecule has 0 aliphatic rings. The third-order valence-electron chi connectivity index (χ3n) is 3.44. The van der Waals surface area contributed by atoms with Crippen molar-refractivity contribution in [1.82, 2.24) is 5.32 Å². The van der Waals surface area contributed by atoms with E-state index < -0.39 is 10.0 Å². The minimum Gasteiger partial charge on any atom is -0.352 e. The van der Waals surface area contributed by atoms with E-state index in [0.29, 0.717) is 17.8 Å². The maximum atomic E-state index is 12.5. The minimum atomic E-state index is -3.69. The first kappa shape index (κ1) is 18.0. The van der Waals surface area contributed by atoms with Gasteiger partial charge < -0.3 is 5.32 Å². The van der Waals surface area contributed by atoms with E-state index in [0.717, 1.165) is 17.5 Å². The van der Waals surface area contributed by atoms with Crippen LogP contribution in [-0.4, -0.2) is 20.9 Å². The second-order valence-corrected chi connectivity index (χ2v) is 7.44. The monoisotopic (exact) mass is 346 g/mol. The van der Waals surface area contributed by atoms with E-state index in [9.17, 15) is 13.2 Å². The van der Waals surface area contributed by atoms with Crippen molar-refractivity contribution in [2.75, 3.05) is 11.3 Å². The van der Waals surface area contributed by atoms with E-state index in [1.807, 2.05) is 26.8 Å². The van der Waals surface area contributed by atoms with Crippen molar-refractivity contribution in [2.24, 2.45) is 0 Å². The van der Waals surface area contributed by atoms with Crippen molar-refractivity contribution in [1.29, 1.82) is 0 Å². The quantitative estimate of drug-likeness (QED) is 0.843. The molecule has 2 rings (SSSR count). The van der Waals surface area contributed by atoms with Crippen LogP contribution in [0.5, 0.6) is 0 Å². The van der Waals surface area contributed by atoms with Gasteiger partial charge in [0.05, 0.1) is 4.90 Å². The van der Waals surface area contributed by atoms with Crippen LogP contribution in [0.15, 0.2) is 47.4 Å². The van der Waals surface area contributed by atoms with E-state index in [1.165, 1.54) is 24.3 Å². The fourth-order valence-electron chi connectivity index (χ4n) is 2.37. The zero-order valence-corrected chi connectivity index (χ0v) is 14.9. The Bertz CT molecular complexity index is 808. The molecule has 0 aromatic heterocycles. The molecular formula is C18H22N2O3S. The maximum absolute atomic E-state index is 12.5. The van der Waals surface area contributed by atoms with Gasteiger partial charge >= 0.3 is 0 Å². The van der Waals surface area contributed by atoms with Crippen molar-refractivity contribution in [3.05, 3.63) is 59.2 Å². The lowest BCUT2D eigenvalue weighted by molar-refractivity contribution is 0.0953. The standard InChI is InChI=1S/C18H22N2O3S/c1-4-9-19-18(21)15-5-7-17(8-6-15)24(22,23)20-16-11-13(2)10-14(3)12-16/h5-8,10-12,20H,4,9H2,1-3H3,(H,19,21). The van der Waals surface area contributed by atoms with Crippen LogP contribution in [0, 0.1) is 13.8 Å². The highest BCUT2D eigenvalue weighted by Gasteiger charge is 2.15. The number of hydrogen-bond donors (Lipinski definition) is 2. The molecule has 6 heteroatoms. The molecule has 128 valence electrons. The van der Waals surface area contributed by atoms with Crippen molar-refractivity contribution in [3.63, 3.8) is 0 Å². The van der Waals surface area contributed by atoms with E-state index in [1.54, 1.807) is 12.1 Å². The average Bonchev–Trinajstić information content (AvgIpc) is 2.51. The van der Waals surface area contributed by atoms with Gasteiger partial charge in [-0.2, -0.15) is 0 Å². The number of rotatable bonds is 6. The molecule has 0 bridgehead atoms. The van der Waals surface area contributed by atoms with Crippen molar-refractivity contribution < 1.29 is 13.2 Å². The summed E-state index contributed by atoms with van der Waals surface area (Å²) in [7, 11) is -3.69. The highest BCUT2D eigenvalue weighted by Crippen LogP contribution is 2.19. The number of carbonyl (C=O) groups is 1. The van der Waals surface area contributed by atoms with Crippen LogP contribution in [-0.2, 0) is 10.0 Å². The summed E-state index contributed by atoms with van der Waals surface area (Å²) in [5.74, 6) is -0.205. The lowest BCUT2D eigenvalue weighted by atomic mass is 10.1. The summed E-state index contributed by atoms with van der Waals surface area (Å²) < 4.78 is 27.5. The van der Waals surface area contributed by atoms with E-state index in [2.05, 4.69) is 10.0 Å². The zero-order chi connectivity index (χ0) is 17.7. The molecule has 2 aromatic carbocycles. The number of sulfonamides is 1. The van der Waals surface area contributed by atoms with Gasteiger partial charge in [-0.05, 0) is 67.8 Å². The fraction of sp³-hybridized carbons (Fsp3) is 0.278. The van der Waals surface area contributed by atoms with Gasteiger partial charge in [-0.15, -0.1) is 0 Å². The van der Waals surface area contributed by atoms with Crippen LogP contribution in [0.25, 0.3) is 0 Å². The third kappa shape index (κ3) is 4.58. The maximum Gasteiger partial charge on any atom is 0.261 e. The number of nitrogens with one attached hydrogen (secondary N) is 2. The molecule has 0 unspecified atom stereocenters. The Morgan fingerprint density at radius 1 is 1.00 bits per heavy atom. The van der Waals surface area contributed by atoms with Crippen molar-refractivity contribution in [2.45, 2.75) is 32.1 Å². The molecule has 0 radical (unpaired) electrons. The minimum absolute atomic E-state index is 0.119. The Morgan fingerprint density at radius 2 is 1.58 bits per heavy atom. The molecule has 0 saturated carbocycles. The first-order valence-electron chi connectivity index (χ1n) is 7.81. The number of carbonyl (C=O) groups excluding carboxylic acids is 1. The van der Waals surface area contributed by atoms with E-state index >= 15 is 0 Å². The van der Waals surface area contributed by atoms with Crippen LogP contribution < -0.4 is 10.0 Å². The summed E-state index contributed by atoms with van der Waals surface area (Å²) in [6, 6.07) is 11.4. The summed E-state index contributed by atoms with van der Waals surface area (Å²) in [5.41, 5.74) is 2.93. The molecular weight excluding hydrogens is 324 g/mol. The first-order valence-corrected chi connectivity index (χ1v) is 9.29. The van der Waals surface area contributed by atoms with Gasteiger partial charge in [0.25, 0.3) is 15.9 Å². The van der Waals surface area contributed by atoms with Crippen molar-refractivity contribution in [3.8, 4) is 0 Å². The number of benzene rings is 2. The summed E-state index contributed by atoms with van der Waals surface area (Å²) in [4.78, 5) is 12.0. The van der Waals surface area contributed by atoms with Crippen LogP contribution in [0.2, 0.25) is 0 Å². The van der Waals surface area contributed by atoms with Gasteiger partial charge in [0.2, 0.25) is 0 Å². The largest absolute Gasteiger partial charge is 0.352 e. The van der Waals surface area contributed by atoms with Crippen LogP contribution in [0.1, 0.15) is 34.8 Å². The highest BCUT2D eigenvalue weighted by molar-refractivity contribution is 7.92. The molecule has 0 atom stereocenters. The topological polar surface area (TPSA) is 75.3 Å². The van der Waals surface area contributed by atoms with Gasteiger partial charge in [-0.3, -0.25) is 9.52 Å². The number of aryl methyl sites for hydroxylation is 2. The average molecular weight is 346 g/mol. The molecule has 2 N–H and O–H groups in total. The molecule has 0 heterocycles. The van der Waals surface area contributed by atoms with E-state index in [4.69, 9.17) is 0 Å². The number of amides is 1. The Labute approximate surface area is 143 Å². The SMILES string of the molecule is CCCNC(=O)c1ccc(S(=O)(=O)Nc2cc(C)cc(C)c2)cc1. The van der Waals surface area contributed by atoms with Gasteiger partial charge in [0.15, 0.2) is 0 Å². The van der Waals surface area contributed by atoms with Gasteiger partial charge in [-0.1, -0.05) is 13.0 Å². The lowest BCUT2D eigenvalue weighted by Crippen LogP contribution is -2.24. The van der Waals surface area contributed by atoms with Gasteiger partial charge in [0.1, 0.15) is 0 Å². The molecule has 5 nitrogen and oxygen atoms in total. The molecule has 0 aliphatic heterocycles. The molecule has 0 fully saturated rings. The summed E-state index contributed by atoms with van der Waals surface area (Å²) in [5, 5.41) is 2.76. The summed E-state index contributed by atoms with van der Waals surface area (Å²) >= 11 is 0. The smallest absolute Gasteiger partial charge is 0.261 e. The Kier molecular flexibility index (Phi) is 5.62. The molecule has 1 amide bonds. The molecule has 0 saturated heterocycles. The summed E-state index contributed by atoms with van der Waals surface area (Å²) in [6.07, 6.45) is 0.845. The Balaban J connectivity index is 2.18. The van der Waals surface area contributed by atoms with Crippen LogP contribution in [0.4, 0.5) is 5.69 Å². The third-order valence-corrected chi connectivity index (χ3v) is 4.83. The number of hydrogen-bond acceptors (Lipinski definition) is 3. The predicted octanol–water partition coefficient (Wildman–Crippen LogP) is 3.24. The fourth-order valence-corrected chi connectivity index (χ4v) is 3.41. The van der Waals surface area contributed by atoms with Crippen LogP contribution in [0.3, 0.4) is 0 Å². The lowest BCUT2D eigenvalue weighted by Gasteiger charge is -2.10. The zero-order valence-electron chi connectivity index (χ0n) is 14.1. The highest BCUT2D eigenvalue weighted by atomic mass is 32.2. The van der Waals surface area contributed by atoms with E-state index in [-0.39, 0.29) is 10.8 Å². The van der Waals surface area contributed by atoms with Gasteiger partial charge in [-0.25, -0.2) is 8.42 Å². The molecule has 2 aromatic rings. The second-order valence-electron chi connectivity index (χ2n) is 5.76. The molecule has 0 aliphatic carbocycles. The van der Waals surface area contributed by atoms with Crippen molar-refractivity contribution >= 4 is 21.6 Å². The second kappa shape index (κ2) is 7.49. The Morgan fingerprint density at radius 3 is 2.12 bits per heavy atom. The first-order chi connectivity index (χ1) is 11.3. The molecule has 24 heavy (non-hydrogen) atoms. The number of anilines is 1. The summed E-state index contributed by atoms with van der Waals surface area (Å²) in [6.45, 7) is 6.38. The van der Waals surface area contributed by atoms with Crippen LogP contribution >= 0.6 is 0 Å². The van der Waals surface area contributed by atoms with Gasteiger partial charge in [0, 0.05) is 17.8 Å². The molecule has 0 spiro atoms.